The molecule has 0 bridgehead atoms. The molecule has 180 valence electrons. The lowest BCUT2D eigenvalue weighted by Gasteiger charge is -2.38. The summed E-state index contributed by atoms with van der Waals surface area (Å²) in [6, 6.07) is 1.26. The van der Waals surface area contributed by atoms with Gasteiger partial charge in [-0.25, -0.2) is 4.39 Å². The van der Waals surface area contributed by atoms with Gasteiger partial charge < -0.3 is 14.2 Å². The van der Waals surface area contributed by atoms with Crippen LogP contribution in [0.25, 0.3) is 0 Å². The molecule has 1 aromatic rings. The van der Waals surface area contributed by atoms with Crippen molar-refractivity contribution in [2.24, 2.45) is 11.8 Å². The van der Waals surface area contributed by atoms with Crippen LogP contribution in [0.5, 0.6) is 5.75 Å². The molecule has 2 atom stereocenters. The lowest BCUT2D eigenvalue weighted by atomic mass is 9.78. The predicted molar refractivity (Wildman–Crippen MR) is 106 cm³/mol. The molecule has 32 heavy (non-hydrogen) atoms. The summed E-state index contributed by atoms with van der Waals surface area (Å²) in [5.74, 6) is -1.81. The van der Waals surface area contributed by atoms with Crippen LogP contribution in [0.1, 0.15) is 56.6 Å². The summed E-state index contributed by atoms with van der Waals surface area (Å²) in [6.45, 7) is 4.99. The first-order chi connectivity index (χ1) is 15.1. The van der Waals surface area contributed by atoms with Gasteiger partial charge in [0.1, 0.15) is 5.56 Å². The van der Waals surface area contributed by atoms with Crippen molar-refractivity contribution in [1.29, 1.82) is 0 Å². The van der Waals surface area contributed by atoms with Crippen LogP contribution >= 0.6 is 0 Å². The molecule has 1 saturated carbocycles. The van der Waals surface area contributed by atoms with Crippen molar-refractivity contribution in [3.05, 3.63) is 41.7 Å². The maximum Gasteiger partial charge on any atom is 0.419 e. The highest BCUT2D eigenvalue weighted by Gasteiger charge is 2.48. The highest BCUT2D eigenvalue weighted by Crippen LogP contribution is 2.45. The second-order valence-corrected chi connectivity index (χ2v) is 8.35. The molecule has 3 rings (SSSR count). The molecular formula is C23H28F6O3. The van der Waals surface area contributed by atoms with Crippen LogP contribution in [0.4, 0.5) is 26.3 Å². The number of benzene rings is 1. The molecule has 0 amide bonds. The molecular weight excluding hydrogens is 438 g/mol. The zero-order chi connectivity index (χ0) is 23.5. The predicted octanol–water partition coefficient (Wildman–Crippen LogP) is 6.85. The summed E-state index contributed by atoms with van der Waals surface area (Å²) >= 11 is 0. The van der Waals surface area contributed by atoms with Crippen LogP contribution in [-0.2, 0) is 21.8 Å². The van der Waals surface area contributed by atoms with Crippen LogP contribution in [0.2, 0.25) is 0 Å². The summed E-state index contributed by atoms with van der Waals surface area (Å²) in [7, 11) is 0. The Hall–Kier alpha value is -1.74. The van der Waals surface area contributed by atoms with Crippen molar-refractivity contribution < 1.29 is 40.6 Å². The van der Waals surface area contributed by atoms with Gasteiger partial charge in [-0.15, -0.1) is 6.58 Å². The summed E-state index contributed by atoms with van der Waals surface area (Å²) < 4.78 is 99.5. The summed E-state index contributed by atoms with van der Waals surface area (Å²) in [4.78, 5) is 0. The summed E-state index contributed by atoms with van der Waals surface area (Å²) in [5, 5.41) is 0. The van der Waals surface area contributed by atoms with Gasteiger partial charge in [0.2, 0.25) is 0 Å². The normalized spacial score (nSPS) is 27.2. The fourth-order valence-electron chi connectivity index (χ4n) is 4.58. The van der Waals surface area contributed by atoms with Gasteiger partial charge in [-0.1, -0.05) is 6.08 Å². The summed E-state index contributed by atoms with van der Waals surface area (Å²) in [5.41, 5.74) is -3.65. The fourth-order valence-corrected chi connectivity index (χ4v) is 4.58. The number of hydrogen-bond donors (Lipinski definition) is 0. The van der Waals surface area contributed by atoms with Crippen molar-refractivity contribution in [3.63, 3.8) is 0 Å². The first-order valence-electron chi connectivity index (χ1n) is 10.9. The number of hydrogen-bond acceptors (Lipinski definition) is 3. The van der Waals surface area contributed by atoms with Gasteiger partial charge >= 0.3 is 12.3 Å². The zero-order valence-electron chi connectivity index (χ0n) is 17.9. The van der Waals surface area contributed by atoms with Crippen molar-refractivity contribution in [1.82, 2.24) is 0 Å². The molecule has 0 spiro atoms. The van der Waals surface area contributed by atoms with E-state index in [9.17, 15) is 26.3 Å². The largest absolute Gasteiger partial charge is 0.491 e. The maximum atomic E-state index is 14.8. The van der Waals surface area contributed by atoms with Crippen molar-refractivity contribution in [2.45, 2.75) is 69.9 Å². The van der Waals surface area contributed by atoms with Crippen molar-refractivity contribution in [3.8, 4) is 5.75 Å². The number of halogens is 6. The molecule has 0 N–H and O–H groups in total. The summed E-state index contributed by atoms with van der Waals surface area (Å²) in [6.07, 6.45) is -4.28. The molecule has 2 unspecified atom stereocenters. The Kier molecular flexibility index (Phi) is 7.81. The molecule has 9 heteroatoms. The van der Waals surface area contributed by atoms with E-state index in [-0.39, 0.29) is 25.7 Å². The van der Waals surface area contributed by atoms with Gasteiger partial charge in [0.15, 0.2) is 11.6 Å². The third-order valence-corrected chi connectivity index (χ3v) is 6.26. The van der Waals surface area contributed by atoms with Crippen LogP contribution in [0.3, 0.4) is 0 Å². The quantitative estimate of drug-likeness (QED) is 0.325. The van der Waals surface area contributed by atoms with E-state index in [1.54, 1.807) is 0 Å². The second kappa shape index (κ2) is 10.0. The standard InChI is InChI=1S/C23H28F6O3/c1-3-14-5-7-15(8-6-14)18-11-9-16(13-31-18)32-23(28,29)17-10-12-19(30-4-2)21(24)20(17)22(25,26)27/h3,10,12,14-16,18H,1,4-9,11,13H2,2H3. The van der Waals surface area contributed by atoms with Gasteiger partial charge in [0.05, 0.1) is 31.0 Å². The van der Waals surface area contributed by atoms with E-state index in [4.69, 9.17) is 14.2 Å². The first kappa shape index (κ1) is 24.9. The molecule has 1 aliphatic carbocycles. The molecule has 1 heterocycles. The average molecular weight is 466 g/mol. The monoisotopic (exact) mass is 466 g/mol. The zero-order valence-corrected chi connectivity index (χ0v) is 17.9. The van der Waals surface area contributed by atoms with Crippen molar-refractivity contribution in [2.75, 3.05) is 13.2 Å². The third-order valence-electron chi connectivity index (χ3n) is 6.26. The topological polar surface area (TPSA) is 27.7 Å². The third kappa shape index (κ3) is 5.60. The van der Waals surface area contributed by atoms with Gasteiger partial charge in [-0.05, 0) is 69.4 Å². The second-order valence-electron chi connectivity index (χ2n) is 8.35. The van der Waals surface area contributed by atoms with Crippen molar-refractivity contribution >= 4 is 0 Å². The minimum Gasteiger partial charge on any atom is -0.491 e. The molecule has 2 fully saturated rings. The number of allylic oxidation sites excluding steroid dienone is 1. The molecule has 1 aromatic carbocycles. The Morgan fingerprint density at radius 3 is 2.28 bits per heavy atom. The van der Waals surface area contributed by atoms with Crippen LogP contribution in [0, 0.1) is 17.7 Å². The van der Waals surface area contributed by atoms with E-state index in [0.717, 1.165) is 31.7 Å². The SMILES string of the molecule is C=CC1CCC(C2CCC(OC(F)(F)c3ccc(OCC)c(F)c3C(F)(F)F)CO2)CC1. The minimum atomic E-state index is -5.35. The lowest BCUT2D eigenvalue weighted by molar-refractivity contribution is -0.292. The maximum absolute atomic E-state index is 14.8. The van der Waals surface area contributed by atoms with Crippen LogP contribution < -0.4 is 4.74 Å². The Morgan fingerprint density at radius 2 is 1.75 bits per heavy atom. The Balaban J connectivity index is 1.68. The first-order valence-corrected chi connectivity index (χ1v) is 10.9. The molecule has 3 nitrogen and oxygen atoms in total. The molecule has 0 radical (unpaired) electrons. The smallest absolute Gasteiger partial charge is 0.419 e. The van der Waals surface area contributed by atoms with E-state index >= 15 is 0 Å². The highest BCUT2D eigenvalue weighted by atomic mass is 19.4. The molecule has 0 aromatic heterocycles. The number of alkyl halides is 5. The van der Waals surface area contributed by atoms with Gasteiger partial charge in [-0.2, -0.15) is 22.0 Å². The molecule has 1 saturated heterocycles. The highest BCUT2D eigenvalue weighted by molar-refractivity contribution is 5.41. The van der Waals surface area contributed by atoms with E-state index in [0.29, 0.717) is 24.3 Å². The van der Waals surface area contributed by atoms with Gasteiger partial charge in [-0.3, -0.25) is 0 Å². The lowest BCUT2D eigenvalue weighted by Crippen LogP contribution is -2.40. The minimum absolute atomic E-state index is 0.0807. The van der Waals surface area contributed by atoms with Gasteiger partial charge in [0.25, 0.3) is 0 Å². The Morgan fingerprint density at radius 1 is 1.06 bits per heavy atom. The molecule has 1 aliphatic heterocycles. The Labute approximate surface area is 183 Å². The number of rotatable bonds is 7. The van der Waals surface area contributed by atoms with Crippen LogP contribution in [-0.4, -0.2) is 25.4 Å². The van der Waals surface area contributed by atoms with E-state index in [1.807, 2.05) is 6.08 Å². The average Bonchev–Trinajstić information content (AvgIpc) is 2.74. The Bertz CT molecular complexity index is 779. The van der Waals surface area contributed by atoms with E-state index in [2.05, 4.69) is 6.58 Å². The van der Waals surface area contributed by atoms with Gasteiger partial charge in [0, 0.05) is 0 Å². The molecule has 2 aliphatic rings. The fraction of sp³-hybridized carbons (Fsp3) is 0.652. The van der Waals surface area contributed by atoms with E-state index < -0.39 is 41.1 Å². The van der Waals surface area contributed by atoms with Crippen LogP contribution in [0.15, 0.2) is 24.8 Å². The number of ether oxygens (including phenoxy) is 3. The van der Waals surface area contributed by atoms with E-state index in [1.165, 1.54) is 6.92 Å².